The summed E-state index contributed by atoms with van der Waals surface area (Å²) in [7, 11) is 1.98. The van der Waals surface area contributed by atoms with E-state index in [1.54, 1.807) is 16.2 Å². The van der Waals surface area contributed by atoms with Crippen molar-refractivity contribution in [2.24, 2.45) is 0 Å². The molecule has 2 heterocycles. The minimum Gasteiger partial charge on any atom is -0.444 e. The summed E-state index contributed by atoms with van der Waals surface area (Å²) >= 11 is 1.66. The fourth-order valence-electron chi connectivity index (χ4n) is 2.97. The van der Waals surface area contributed by atoms with Crippen molar-refractivity contribution in [1.82, 2.24) is 14.8 Å². The molecule has 1 N–H and O–H groups in total. The summed E-state index contributed by atoms with van der Waals surface area (Å²) in [5.41, 5.74) is -1.36. The van der Waals surface area contributed by atoms with Gasteiger partial charge >= 0.3 is 6.09 Å². The van der Waals surface area contributed by atoms with Crippen LogP contribution in [0.15, 0.2) is 6.20 Å². The van der Waals surface area contributed by atoms with Crippen molar-refractivity contribution >= 4 is 17.4 Å². The lowest BCUT2D eigenvalue weighted by Gasteiger charge is -2.46. The maximum absolute atomic E-state index is 12.4. The van der Waals surface area contributed by atoms with E-state index >= 15 is 0 Å². The van der Waals surface area contributed by atoms with E-state index in [0.29, 0.717) is 26.1 Å². The molecule has 1 fully saturated rings. The molecule has 0 aromatic carbocycles. The Morgan fingerprint density at radius 2 is 2.25 bits per heavy atom. The summed E-state index contributed by atoms with van der Waals surface area (Å²) in [4.78, 5) is 21.6. The van der Waals surface area contributed by atoms with Gasteiger partial charge in [-0.2, -0.15) is 0 Å². The predicted octanol–water partition coefficient (Wildman–Crippen LogP) is 2.64. The molecular weight excluding hydrogens is 326 g/mol. The van der Waals surface area contributed by atoms with Crippen LogP contribution in [0.4, 0.5) is 4.79 Å². The monoisotopic (exact) mass is 355 g/mol. The highest BCUT2D eigenvalue weighted by Gasteiger charge is 2.42. The van der Waals surface area contributed by atoms with Gasteiger partial charge < -0.3 is 14.7 Å². The average Bonchev–Trinajstić information content (AvgIpc) is 2.81. The van der Waals surface area contributed by atoms with E-state index in [0.717, 1.165) is 9.88 Å². The quantitative estimate of drug-likeness (QED) is 0.903. The van der Waals surface area contributed by atoms with Gasteiger partial charge in [0.05, 0.1) is 16.7 Å². The summed E-state index contributed by atoms with van der Waals surface area (Å²) in [6, 6.07) is -0.152. The minimum atomic E-state index is -0.840. The van der Waals surface area contributed by atoms with E-state index in [-0.39, 0.29) is 12.1 Å². The first-order valence-electron chi connectivity index (χ1n) is 8.30. The lowest BCUT2D eigenvalue weighted by molar-refractivity contribution is -0.0785. The van der Waals surface area contributed by atoms with Crippen molar-refractivity contribution in [3.8, 4) is 0 Å². The van der Waals surface area contributed by atoms with E-state index < -0.39 is 11.2 Å². The van der Waals surface area contributed by atoms with Gasteiger partial charge in [0.1, 0.15) is 5.60 Å². The number of nitrogens with zero attached hydrogens (tertiary/aromatic N) is 3. The van der Waals surface area contributed by atoms with Crippen LogP contribution in [0.2, 0.25) is 0 Å². The number of carbonyl (C=O) groups is 1. The first-order chi connectivity index (χ1) is 11.0. The number of piperidine rings is 1. The van der Waals surface area contributed by atoms with Gasteiger partial charge in [0.2, 0.25) is 0 Å². The van der Waals surface area contributed by atoms with E-state index in [2.05, 4.69) is 9.88 Å². The van der Waals surface area contributed by atoms with Gasteiger partial charge in [-0.25, -0.2) is 9.78 Å². The normalized spacial score (nSPS) is 25.2. The van der Waals surface area contributed by atoms with Crippen molar-refractivity contribution in [2.45, 2.75) is 64.8 Å². The topological polar surface area (TPSA) is 65.9 Å². The smallest absolute Gasteiger partial charge is 0.410 e. The first-order valence-corrected chi connectivity index (χ1v) is 9.11. The number of amides is 1. The molecule has 0 unspecified atom stereocenters. The van der Waals surface area contributed by atoms with Gasteiger partial charge in [-0.3, -0.25) is 4.90 Å². The number of ether oxygens (including phenoxy) is 1. The van der Waals surface area contributed by atoms with Gasteiger partial charge in [-0.1, -0.05) is 0 Å². The number of rotatable bonds is 3. The second-order valence-corrected chi connectivity index (χ2v) is 9.13. The highest BCUT2D eigenvalue weighted by molar-refractivity contribution is 7.11. The standard InChI is InChI=1S/C17H29N3O3S/c1-12-18-9-13(24-12)10-19(6)14-11-20(8-7-17(14,5)22)15(21)23-16(2,3)4/h9,14,22H,7-8,10-11H2,1-6H3/t14-,17-/m0/s1. The Morgan fingerprint density at radius 1 is 1.58 bits per heavy atom. The number of likely N-dealkylation sites (tertiary alicyclic amines) is 1. The molecule has 1 aromatic heterocycles. The fourth-order valence-corrected chi connectivity index (χ4v) is 3.82. The molecule has 0 saturated carbocycles. The Labute approximate surface area is 148 Å². The van der Waals surface area contributed by atoms with E-state index in [9.17, 15) is 9.90 Å². The van der Waals surface area contributed by atoms with E-state index in [1.165, 1.54) is 0 Å². The SMILES string of the molecule is Cc1ncc(CN(C)[C@H]2CN(C(=O)OC(C)(C)C)CC[C@]2(C)O)s1. The number of aromatic nitrogens is 1. The lowest BCUT2D eigenvalue weighted by atomic mass is 9.87. The number of hydrogen-bond acceptors (Lipinski definition) is 6. The molecule has 1 aromatic rings. The molecule has 1 amide bonds. The van der Waals surface area contributed by atoms with E-state index in [4.69, 9.17) is 4.74 Å². The van der Waals surface area contributed by atoms with Crippen molar-refractivity contribution in [1.29, 1.82) is 0 Å². The second-order valence-electron chi connectivity index (χ2n) is 7.81. The zero-order valence-corrected chi connectivity index (χ0v) is 16.3. The maximum Gasteiger partial charge on any atom is 0.410 e. The summed E-state index contributed by atoms with van der Waals surface area (Å²) in [5, 5.41) is 11.8. The van der Waals surface area contributed by atoms with Gasteiger partial charge in [-0.15, -0.1) is 11.3 Å². The largest absolute Gasteiger partial charge is 0.444 e. The molecule has 2 rings (SSSR count). The molecule has 1 aliphatic rings. The molecule has 1 aliphatic heterocycles. The molecule has 0 aliphatic carbocycles. The fraction of sp³-hybridized carbons (Fsp3) is 0.765. The van der Waals surface area contributed by atoms with Crippen LogP contribution in [-0.2, 0) is 11.3 Å². The molecular formula is C17H29N3O3S. The molecule has 1 saturated heterocycles. The Kier molecular flexibility index (Phi) is 5.57. The molecule has 7 heteroatoms. The average molecular weight is 356 g/mol. The zero-order valence-electron chi connectivity index (χ0n) is 15.5. The molecule has 6 nitrogen and oxygen atoms in total. The van der Waals surface area contributed by atoms with Crippen LogP contribution >= 0.6 is 11.3 Å². The predicted molar refractivity (Wildman–Crippen MR) is 95.2 cm³/mol. The third-order valence-electron chi connectivity index (χ3n) is 4.26. The third kappa shape index (κ3) is 4.91. The van der Waals surface area contributed by atoms with Crippen LogP contribution in [0.1, 0.15) is 44.0 Å². The van der Waals surface area contributed by atoms with Crippen molar-refractivity contribution in [3.05, 3.63) is 16.1 Å². The van der Waals surface area contributed by atoms with Gasteiger partial charge in [0.25, 0.3) is 0 Å². The molecule has 24 heavy (non-hydrogen) atoms. The number of carbonyl (C=O) groups excluding carboxylic acids is 1. The Balaban J connectivity index is 2.06. The van der Waals surface area contributed by atoms with E-state index in [1.807, 2.05) is 47.9 Å². The van der Waals surface area contributed by atoms with Crippen LogP contribution in [-0.4, -0.2) is 63.4 Å². The van der Waals surface area contributed by atoms with Crippen LogP contribution in [0, 0.1) is 6.92 Å². The molecule has 2 atom stereocenters. The third-order valence-corrected chi connectivity index (χ3v) is 5.15. The molecule has 0 radical (unpaired) electrons. The number of aliphatic hydroxyl groups is 1. The summed E-state index contributed by atoms with van der Waals surface area (Å²) < 4.78 is 5.47. The van der Waals surface area contributed by atoms with Crippen molar-refractivity contribution in [3.63, 3.8) is 0 Å². The minimum absolute atomic E-state index is 0.152. The Bertz CT molecular complexity index is 580. The second kappa shape index (κ2) is 6.98. The Morgan fingerprint density at radius 3 is 2.79 bits per heavy atom. The van der Waals surface area contributed by atoms with Crippen molar-refractivity contribution in [2.75, 3.05) is 20.1 Å². The molecule has 136 valence electrons. The van der Waals surface area contributed by atoms with Gasteiger partial charge in [-0.05, 0) is 48.1 Å². The zero-order chi connectivity index (χ0) is 18.1. The first kappa shape index (κ1) is 19.1. The molecule has 0 bridgehead atoms. The number of thiazole rings is 1. The number of aryl methyl sites for hydroxylation is 1. The van der Waals surface area contributed by atoms with Crippen LogP contribution in [0.25, 0.3) is 0 Å². The highest BCUT2D eigenvalue weighted by Crippen LogP contribution is 2.28. The summed E-state index contributed by atoms with van der Waals surface area (Å²) in [5.74, 6) is 0. The molecule has 0 spiro atoms. The van der Waals surface area contributed by atoms with Crippen LogP contribution in [0.5, 0.6) is 0 Å². The number of likely N-dealkylation sites (N-methyl/N-ethyl adjacent to an activating group) is 1. The number of hydrogen-bond donors (Lipinski definition) is 1. The Hall–Kier alpha value is -1.18. The summed E-state index contributed by atoms with van der Waals surface area (Å²) in [6.07, 6.45) is 2.09. The highest BCUT2D eigenvalue weighted by atomic mass is 32.1. The lowest BCUT2D eigenvalue weighted by Crippen LogP contribution is -2.61. The summed E-state index contributed by atoms with van der Waals surface area (Å²) in [6.45, 7) is 11.1. The van der Waals surface area contributed by atoms with Crippen LogP contribution in [0.3, 0.4) is 0 Å². The maximum atomic E-state index is 12.4. The van der Waals surface area contributed by atoms with Gasteiger partial charge in [0.15, 0.2) is 0 Å². The van der Waals surface area contributed by atoms with Gasteiger partial charge in [0, 0.05) is 30.7 Å². The van der Waals surface area contributed by atoms with Crippen LogP contribution < -0.4 is 0 Å². The van der Waals surface area contributed by atoms with Crippen molar-refractivity contribution < 1.29 is 14.6 Å².